The number of hydrogen-bond donors (Lipinski definition) is 0. The molecule has 2 aromatic rings. The van der Waals surface area contributed by atoms with Crippen molar-refractivity contribution in [1.29, 1.82) is 0 Å². The van der Waals surface area contributed by atoms with Gasteiger partial charge in [0.25, 0.3) is 5.56 Å². The van der Waals surface area contributed by atoms with Crippen molar-refractivity contribution in [2.24, 2.45) is 14.1 Å². The summed E-state index contributed by atoms with van der Waals surface area (Å²) in [5.74, 6) is -0.271. The fourth-order valence-electron chi connectivity index (χ4n) is 2.32. The third kappa shape index (κ3) is 3.17. The largest absolute Gasteiger partial charge is 0.330 e. The molecule has 5 nitrogen and oxygen atoms in total. The molecule has 2 rings (SSSR count). The molecule has 0 saturated heterocycles. The molecule has 0 N–H and O–H groups in total. The van der Waals surface area contributed by atoms with E-state index in [2.05, 4.69) is 0 Å². The molecule has 0 bridgehead atoms. The Morgan fingerprint density at radius 1 is 1.14 bits per heavy atom. The molecular formula is C16H20FN3O2. The lowest BCUT2D eigenvalue weighted by Crippen LogP contribution is -2.39. The molecule has 0 radical (unpaired) electrons. The van der Waals surface area contributed by atoms with Crippen molar-refractivity contribution in [2.45, 2.75) is 19.5 Å². The van der Waals surface area contributed by atoms with Crippen LogP contribution in [0, 0.1) is 5.82 Å². The summed E-state index contributed by atoms with van der Waals surface area (Å²) in [6, 6.07) is 7.82. The molecule has 22 heavy (non-hydrogen) atoms. The summed E-state index contributed by atoms with van der Waals surface area (Å²) >= 11 is 0. The Hall–Kier alpha value is -2.21. The molecule has 1 aromatic heterocycles. The summed E-state index contributed by atoms with van der Waals surface area (Å²) in [6.45, 7) is 2.44. The zero-order valence-corrected chi connectivity index (χ0v) is 13.2. The average molecular weight is 305 g/mol. The molecule has 6 heteroatoms. The summed E-state index contributed by atoms with van der Waals surface area (Å²) in [4.78, 5) is 25.7. The minimum Gasteiger partial charge on any atom is -0.299 e. The monoisotopic (exact) mass is 305 g/mol. The predicted molar refractivity (Wildman–Crippen MR) is 83.2 cm³/mol. The molecular weight excluding hydrogens is 285 g/mol. The predicted octanol–water partition coefficient (Wildman–Crippen LogP) is 1.42. The third-order valence-corrected chi connectivity index (χ3v) is 4.05. The van der Waals surface area contributed by atoms with Crippen LogP contribution in [0.5, 0.6) is 0 Å². The molecule has 1 heterocycles. The van der Waals surface area contributed by atoms with Crippen LogP contribution in [0.2, 0.25) is 0 Å². The van der Waals surface area contributed by atoms with Gasteiger partial charge in [0.1, 0.15) is 5.82 Å². The Morgan fingerprint density at radius 2 is 1.73 bits per heavy atom. The maximum absolute atomic E-state index is 13.0. The van der Waals surface area contributed by atoms with E-state index in [1.165, 1.54) is 29.8 Å². The molecule has 0 saturated carbocycles. The van der Waals surface area contributed by atoms with Crippen LogP contribution in [-0.2, 0) is 20.6 Å². The van der Waals surface area contributed by atoms with Gasteiger partial charge < -0.3 is 0 Å². The van der Waals surface area contributed by atoms with E-state index in [1.807, 2.05) is 18.9 Å². The Labute approximate surface area is 128 Å². The molecule has 0 aliphatic rings. The Kier molecular flexibility index (Phi) is 4.61. The van der Waals surface area contributed by atoms with E-state index < -0.39 is 0 Å². The molecule has 118 valence electrons. The Balaban J connectivity index is 2.25. The summed E-state index contributed by atoms with van der Waals surface area (Å²) in [7, 11) is 5.00. The van der Waals surface area contributed by atoms with Crippen LogP contribution in [0.4, 0.5) is 4.39 Å². The van der Waals surface area contributed by atoms with Gasteiger partial charge in [0.15, 0.2) is 0 Å². The molecule has 0 aliphatic carbocycles. The summed E-state index contributed by atoms with van der Waals surface area (Å²) in [6.07, 6.45) is 0. The molecule has 0 spiro atoms. The van der Waals surface area contributed by atoms with Gasteiger partial charge in [-0.05, 0) is 31.7 Å². The maximum atomic E-state index is 13.0. The van der Waals surface area contributed by atoms with Crippen molar-refractivity contribution in [1.82, 2.24) is 14.0 Å². The van der Waals surface area contributed by atoms with E-state index in [-0.39, 0.29) is 23.1 Å². The molecule has 0 aliphatic heterocycles. The first-order valence-electron chi connectivity index (χ1n) is 7.03. The number of hydrogen-bond acceptors (Lipinski definition) is 3. The van der Waals surface area contributed by atoms with Crippen LogP contribution in [0.15, 0.2) is 39.9 Å². The van der Waals surface area contributed by atoms with E-state index >= 15 is 0 Å². The van der Waals surface area contributed by atoms with Crippen LogP contribution in [0.1, 0.15) is 24.2 Å². The molecule has 1 unspecified atom stereocenters. The SMILES string of the molecule is CC(c1ccc(F)cc1)N(C)Cc1cc(=O)n(C)c(=O)n1C. The van der Waals surface area contributed by atoms with Crippen molar-refractivity contribution in [3.63, 3.8) is 0 Å². The van der Waals surface area contributed by atoms with Crippen LogP contribution < -0.4 is 11.2 Å². The van der Waals surface area contributed by atoms with Gasteiger partial charge in [-0.1, -0.05) is 12.1 Å². The Morgan fingerprint density at radius 3 is 2.32 bits per heavy atom. The zero-order chi connectivity index (χ0) is 16.4. The average Bonchev–Trinajstić information content (AvgIpc) is 2.50. The highest BCUT2D eigenvalue weighted by Gasteiger charge is 2.14. The minimum absolute atomic E-state index is 0.0276. The molecule has 0 fully saturated rings. The van der Waals surface area contributed by atoms with E-state index in [1.54, 1.807) is 19.2 Å². The standard InChI is InChI=1S/C16H20FN3O2/c1-11(12-5-7-13(17)8-6-12)18(2)10-14-9-15(21)20(4)16(22)19(14)3/h5-9,11H,10H2,1-4H3. The van der Waals surface area contributed by atoms with E-state index in [4.69, 9.17) is 0 Å². The number of nitrogens with zero attached hydrogens (tertiary/aromatic N) is 3. The summed E-state index contributed by atoms with van der Waals surface area (Å²) in [5.41, 5.74) is 0.952. The van der Waals surface area contributed by atoms with Crippen LogP contribution in [0.3, 0.4) is 0 Å². The van der Waals surface area contributed by atoms with Crippen molar-refractivity contribution in [2.75, 3.05) is 7.05 Å². The van der Waals surface area contributed by atoms with Gasteiger partial charge in [-0.15, -0.1) is 0 Å². The molecule has 1 aromatic carbocycles. The number of rotatable bonds is 4. The fourth-order valence-corrected chi connectivity index (χ4v) is 2.32. The lowest BCUT2D eigenvalue weighted by molar-refractivity contribution is 0.245. The van der Waals surface area contributed by atoms with Gasteiger partial charge in [0, 0.05) is 38.4 Å². The van der Waals surface area contributed by atoms with Gasteiger partial charge in [-0.2, -0.15) is 0 Å². The van der Waals surface area contributed by atoms with Crippen molar-refractivity contribution in [3.8, 4) is 0 Å². The lowest BCUT2D eigenvalue weighted by Gasteiger charge is -2.26. The van der Waals surface area contributed by atoms with Gasteiger partial charge in [0.2, 0.25) is 0 Å². The maximum Gasteiger partial charge on any atom is 0.330 e. The lowest BCUT2D eigenvalue weighted by atomic mass is 10.1. The van der Waals surface area contributed by atoms with Crippen molar-refractivity contribution in [3.05, 3.63) is 68.2 Å². The first kappa shape index (κ1) is 16.2. The van der Waals surface area contributed by atoms with E-state index in [0.717, 1.165) is 10.1 Å². The molecule has 1 atom stereocenters. The molecule has 0 amide bonds. The Bertz CT molecular complexity index is 777. The van der Waals surface area contributed by atoms with E-state index in [9.17, 15) is 14.0 Å². The first-order valence-corrected chi connectivity index (χ1v) is 7.03. The normalized spacial score (nSPS) is 12.6. The highest BCUT2D eigenvalue weighted by atomic mass is 19.1. The minimum atomic E-state index is -0.342. The third-order valence-electron chi connectivity index (χ3n) is 4.05. The quantitative estimate of drug-likeness (QED) is 0.858. The number of benzene rings is 1. The van der Waals surface area contributed by atoms with Gasteiger partial charge in [-0.25, -0.2) is 9.18 Å². The highest BCUT2D eigenvalue weighted by molar-refractivity contribution is 5.19. The topological polar surface area (TPSA) is 47.2 Å². The van der Waals surface area contributed by atoms with Crippen molar-refractivity contribution >= 4 is 0 Å². The zero-order valence-electron chi connectivity index (χ0n) is 13.2. The number of aromatic nitrogens is 2. The van der Waals surface area contributed by atoms with Crippen LogP contribution >= 0.6 is 0 Å². The van der Waals surface area contributed by atoms with Gasteiger partial charge in [-0.3, -0.25) is 18.8 Å². The van der Waals surface area contributed by atoms with Crippen LogP contribution in [0.25, 0.3) is 0 Å². The number of halogens is 1. The van der Waals surface area contributed by atoms with Crippen LogP contribution in [-0.4, -0.2) is 21.1 Å². The van der Waals surface area contributed by atoms with Gasteiger partial charge >= 0.3 is 5.69 Å². The second-order valence-electron chi connectivity index (χ2n) is 5.52. The second kappa shape index (κ2) is 6.27. The summed E-state index contributed by atoms with van der Waals surface area (Å²) < 4.78 is 15.5. The smallest absolute Gasteiger partial charge is 0.299 e. The first-order chi connectivity index (χ1) is 10.3. The highest BCUT2D eigenvalue weighted by Crippen LogP contribution is 2.20. The van der Waals surface area contributed by atoms with Crippen molar-refractivity contribution < 1.29 is 4.39 Å². The van der Waals surface area contributed by atoms with E-state index in [0.29, 0.717) is 12.2 Å². The second-order valence-corrected chi connectivity index (χ2v) is 5.52. The fraction of sp³-hybridized carbons (Fsp3) is 0.375. The summed E-state index contributed by atoms with van der Waals surface area (Å²) in [5, 5.41) is 0. The van der Waals surface area contributed by atoms with Gasteiger partial charge in [0.05, 0.1) is 0 Å².